The first kappa shape index (κ1) is 20.7. The van der Waals surface area contributed by atoms with Gasteiger partial charge >= 0.3 is 0 Å². The standard InChI is InChI=1S/C24H22N2O4S/c1-17-7-6-8-20(13-17)26(31(28,29)22-9-4-3-5-10-22)16-19-14-18-15-21(30-2)11-12-23(18)25-24(19)27/h3-15H,16H2,1-2H3,(H,25,27). The molecular formula is C24H22N2O4S. The summed E-state index contributed by atoms with van der Waals surface area (Å²) in [7, 11) is -2.33. The molecule has 4 rings (SSSR count). The molecule has 0 aliphatic carbocycles. The molecule has 0 fully saturated rings. The van der Waals surface area contributed by atoms with Gasteiger partial charge in [-0.1, -0.05) is 30.3 Å². The summed E-state index contributed by atoms with van der Waals surface area (Å²) in [6, 6.07) is 22.5. The highest BCUT2D eigenvalue weighted by Gasteiger charge is 2.26. The van der Waals surface area contributed by atoms with Crippen molar-refractivity contribution in [3.63, 3.8) is 0 Å². The van der Waals surface area contributed by atoms with Gasteiger partial charge in [0.05, 0.1) is 24.2 Å². The molecule has 158 valence electrons. The van der Waals surface area contributed by atoms with E-state index in [1.54, 1.807) is 79.9 Å². The Hall–Kier alpha value is -3.58. The number of sulfonamides is 1. The summed E-state index contributed by atoms with van der Waals surface area (Å²) >= 11 is 0. The summed E-state index contributed by atoms with van der Waals surface area (Å²) < 4.78 is 33.6. The van der Waals surface area contributed by atoms with Gasteiger partial charge in [-0.2, -0.15) is 0 Å². The lowest BCUT2D eigenvalue weighted by molar-refractivity contribution is 0.415. The number of aryl methyl sites for hydroxylation is 1. The van der Waals surface area contributed by atoms with E-state index in [-0.39, 0.29) is 17.0 Å². The zero-order valence-corrected chi connectivity index (χ0v) is 18.0. The van der Waals surface area contributed by atoms with Crippen molar-refractivity contribution in [2.75, 3.05) is 11.4 Å². The van der Waals surface area contributed by atoms with Crippen LogP contribution in [0.2, 0.25) is 0 Å². The van der Waals surface area contributed by atoms with Crippen LogP contribution in [0.3, 0.4) is 0 Å². The minimum absolute atomic E-state index is 0.108. The minimum Gasteiger partial charge on any atom is -0.497 e. The van der Waals surface area contributed by atoms with Crippen molar-refractivity contribution in [3.8, 4) is 5.75 Å². The number of rotatable bonds is 6. The molecule has 0 aliphatic heterocycles. The van der Waals surface area contributed by atoms with Crippen molar-refractivity contribution in [2.24, 2.45) is 0 Å². The molecule has 4 aromatic rings. The maximum Gasteiger partial charge on any atom is 0.264 e. The smallest absolute Gasteiger partial charge is 0.264 e. The normalized spacial score (nSPS) is 11.4. The molecular weight excluding hydrogens is 412 g/mol. The van der Waals surface area contributed by atoms with Crippen LogP contribution in [0.25, 0.3) is 10.9 Å². The first-order valence-electron chi connectivity index (χ1n) is 9.73. The van der Waals surface area contributed by atoms with Gasteiger partial charge in [-0.15, -0.1) is 0 Å². The predicted octanol–water partition coefficient (Wildman–Crippen LogP) is 4.24. The van der Waals surface area contributed by atoms with E-state index in [9.17, 15) is 13.2 Å². The first-order valence-corrected chi connectivity index (χ1v) is 11.2. The molecule has 0 aliphatic rings. The maximum atomic E-state index is 13.5. The number of pyridine rings is 1. The van der Waals surface area contributed by atoms with Crippen molar-refractivity contribution in [3.05, 3.63) is 100 Å². The summed E-state index contributed by atoms with van der Waals surface area (Å²) in [5, 5.41) is 0.759. The monoisotopic (exact) mass is 434 g/mol. The summed E-state index contributed by atoms with van der Waals surface area (Å²) in [4.78, 5) is 15.8. The van der Waals surface area contributed by atoms with E-state index in [4.69, 9.17) is 4.74 Å². The molecule has 0 radical (unpaired) electrons. The fourth-order valence-electron chi connectivity index (χ4n) is 3.45. The van der Waals surface area contributed by atoms with Gasteiger partial charge in [0.15, 0.2) is 0 Å². The van der Waals surface area contributed by atoms with Crippen molar-refractivity contribution in [1.29, 1.82) is 0 Å². The average molecular weight is 435 g/mol. The summed E-state index contributed by atoms with van der Waals surface area (Å²) in [6.07, 6.45) is 0. The number of hydrogen-bond acceptors (Lipinski definition) is 4. The van der Waals surface area contributed by atoms with Crippen molar-refractivity contribution in [1.82, 2.24) is 4.98 Å². The SMILES string of the molecule is COc1ccc2[nH]c(=O)c(CN(c3cccc(C)c3)S(=O)(=O)c3ccccc3)cc2c1. The van der Waals surface area contributed by atoms with Gasteiger partial charge < -0.3 is 9.72 Å². The van der Waals surface area contributed by atoms with Gasteiger partial charge in [0, 0.05) is 16.5 Å². The number of ether oxygens (including phenoxy) is 1. The Morgan fingerprint density at radius 3 is 2.42 bits per heavy atom. The number of hydrogen-bond donors (Lipinski definition) is 1. The van der Waals surface area contributed by atoms with Gasteiger partial charge in [0.2, 0.25) is 0 Å². The Kier molecular flexibility index (Phi) is 5.52. The third-order valence-electron chi connectivity index (χ3n) is 5.06. The van der Waals surface area contributed by atoms with E-state index >= 15 is 0 Å². The summed E-state index contributed by atoms with van der Waals surface area (Å²) in [5.41, 5.74) is 2.07. The molecule has 0 saturated heterocycles. The second kappa shape index (κ2) is 8.28. The molecule has 0 spiro atoms. The fourth-order valence-corrected chi connectivity index (χ4v) is 4.90. The Morgan fingerprint density at radius 1 is 0.935 bits per heavy atom. The fraction of sp³-hybridized carbons (Fsp3) is 0.125. The van der Waals surface area contributed by atoms with Gasteiger partial charge in [-0.3, -0.25) is 9.10 Å². The quantitative estimate of drug-likeness (QED) is 0.492. The maximum absolute atomic E-state index is 13.5. The number of anilines is 1. The van der Waals surface area contributed by atoms with Gasteiger partial charge in [0.25, 0.3) is 15.6 Å². The highest BCUT2D eigenvalue weighted by atomic mass is 32.2. The lowest BCUT2D eigenvalue weighted by Gasteiger charge is -2.25. The topological polar surface area (TPSA) is 79.5 Å². The van der Waals surface area contributed by atoms with E-state index in [1.807, 2.05) is 13.0 Å². The van der Waals surface area contributed by atoms with Crippen molar-refractivity contribution < 1.29 is 13.2 Å². The predicted molar refractivity (Wildman–Crippen MR) is 122 cm³/mol. The lowest BCUT2D eigenvalue weighted by atomic mass is 10.1. The molecule has 1 N–H and O–H groups in total. The van der Waals surface area contributed by atoms with Crippen LogP contribution in [-0.4, -0.2) is 20.5 Å². The third kappa shape index (κ3) is 4.18. The third-order valence-corrected chi connectivity index (χ3v) is 6.85. The number of methoxy groups -OCH3 is 1. The minimum atomic E-state index is -3.90. The number of aromatic amines is 1. The molecule has 31 heavy (non-hydrogen) atoms. The molecule has 7 heteroatoms. The number of H-pyrrole nitrogens is 1. The Morgan fingerprint density at radius 2 is 1.71 bits per heavy atom. The number of aromatic nitrogens is 1. The van der Waals surface area contributed by atoms with E-state index in [0.717, 1.165) is 10.9 Å². The van der Waals surface area contributed by atoms with Crippen molar-refractivity contribution >= 4 is 26.6 Å². The second-order valence-electron chi connectivity index (χ2n) is 7.24. The Bertz CT molecular complexity index is 1400. The van der Waals surface area contributed by atoms with Crippen LogP contribution in [0.15, 0.2) is 88.6 Å². The summed E-state index contributed by atoms with van der Waals surface area (Å²) in [6.45, 7) is 1.79. The number of nitrogens with zero attached hydrogens (tertiary/aromatic N) is 1. The van der Waals surface area contributed by atoms with Crippen LogP contribution < -0.4 is 14.6 Å². The largest absolute Gasteiger partial charge is 0.497 e. The number of nitrogens with one attached hydrogen (secondary N) is 1. The zero-order valence-electron chi connectivity index (χ0n) is 17.2. The van der Waals surface area contributed by atoms with Crippen LogP contribution >= 0.6 is 0 Å². The van der Waals surface area contributed by atoms with E-state index in [0.29, 0.717) is 22.5 Å². The van der Waals surface area contributed by atoms with E-state index in [1.165, 1.54) is 4.31 Å². The van der Waals surface area contributed by atoms with Crippen LogP contribution in [0.4, 0.5) is 5.69 Å². The van der Waals surface area contributed by atoms with Crippen LogP contribution in [0, 0.1) is 6.92 Å². The highest BCUT2D eigenvalue weighted by Crippen LogP contribution is 2.27. The molecule has 3 aromatic carbocycles. The van der Waals surface area contributed by atoms with E-state index < -0.39 is 10.0 Å². The number of benzene rings is 3. The molecule has 0 bridgehead atoms. The summed E-state index contributed by atoms with van der Waals surface area (Å²) in [5.74, 6) is 0.651. The number of fused-ring (bicyclic) bond motifs is 1. The van der Waals surface area contributed by atoms with Crippen LogP contribution in [0.1, 0.15) is 11.1 Å². The van der Waals surface area contributed by atoms with Crippen LogP contribution in [0.5, 0.6) is 5.75 Å². The molecule has 0 atom stereocenters. The van der Waals surface area contributed by atoms with Crippen molar-refractivity contribution in [2.45, 2.75) is 18.4 Å². The second-order valence-corrected chi connectivity index (χ2v) is 9.10. The highest BCUT2D eigenvalue weighted by molar-refractivity contribution is 7.92. The average Bonchev–Trinajstić information content (AvgIpc) is 2.77. The molecule has 0 amide bonds. The molecule has 0 saturated carbocycles. The molecule has 1 aromatic heterocycles. The van der Waals surface area contributed by atoms with Crippen LogP contribution in [-0.2, 0) is 16.6 Å². The van der Waals surface area contributed by atoms with Gasteiger partial charge in [-0.25, -0.2) is 8.42 Å². The Balaban J connectivity index is 1.85. The lowest BCUT2D eigenvalue weighted by Crippen LogP contribution is -2.33. The van der Waals surface area contributed by atoms with Gasteiger partial charge in [0.1, 0.15) is 5.75 Å². The van der Waals surface area contributed by atoms with Gasteiger partial charge in [-0.05, 0) is 61.0 Å². The zero-order chi connectivity index (χ0) is 22.0. The Labute approximate surface area is 180 Å². The molecule has 1 heterocycles. The molecule has 0 unspecified atom stereocenters. The van der Waals surface area contributed by atoms with E-state index in [2.05, 4.69) is 4.98 Å². The molecule has 6 nitrogen and oxygen atoms in total. The first-order chi connectivity index (χ1) is 14.9.